The Kier molecular flexibility index (Phi) is 6.71. The monoisotopic (exact) mass is 332 g/mol. The zero-order valence-electron chi connectivity index (χ0n) is 13.6. The van der Waals surface area contributed by atoms with E-state index in [-0.39, 0.29) is 17.1 Å². The van der Waals surface area contributed by atoms with Crippen molar-refractivity contribution < 1.29 is 9.59 Å². The van der Waals surface area contributed by atoms with Gasteiger partial charge < -0.3 is 10.2 Å². The highest BCUT2D eigenvalue weighted by atomic mass is 32.2. The topological polar surface area (TPSA) is 49.4 Å². The number of nitrogens with one attached hydrogen (secondary N) is 1. The third-order valence-electron chi connectivity index (χ3n) is 3.88. The summed E-state index contributed by atoms with van der Waals surface area (Å²) in [5.74, 6) is 0.899. The molecule has 1 aromatic rings. The minimum absolute atomic E-state index is 0.0238. The van der Waals surface area contributed by atoms with Gasteiger partial charge in [-0.1, -0.05) is 18.2 Å². The number of thioether (sulfide) groups is 1. The predicted octanol–water partition coefficient (Wildman–Crippen LogP) is 2.85. The van der Waals surface area contributed by atoms with Gasteiger partial charge in [0.2, 0.25) is 5.91 Å². The Bertz CT molecular complexity index is 551. The molecule has 1 fully saturated rings. The molecule has 1 heterocycles. The Balaban J connectivity index is 1.83. The Morgan fingerprint density at radius 2 is 1.96 bits per heavy atom. The van der Waals surface area contributed by atoms with Gasteiger partial charge in [0.25, 0.3) is 5.91 Å². The van der Waals surface area contributed by atoms with Crippen molar-refractivity contribution in [3.63, 3.8) is 0 Å². The highest BCUT2D eigenvalue weighted by Crippen LogP contribution is 2.19. The summed E-state index contributed by atoms with van der Waals surface area (Å²) in [6.45, 7) is 7.72. The van der Waals surface area contributed by atoms with Crippen molar-refractivity contribution in [2.45, 2.75) is 30.8 Å². The molecule has 0 spiro atoms. The summed E-state index contributed by atoms with van der Waals surface area (Å²) in [6.07, 6.45) is 3.88. The van der Waals surface area contributed by atoms with Crippen molar-refractivity contribution in [1.82, 2.24) is 10.2 Å². The molecule has 0 saturated carbocycles. The van der Waals surface area contributed by atoms with E-state index in [1.807, 2.05) is 36.1 Å². The van der Waals surface area contributed by atoms with Gasteiger partial charge in [0.15, 0.2) is 0 Å². The molecule has 0 bridgehead atoms. The molecule has 1 atom stereocenters. The minimum Gasteiger partial charge on any atom is -0.352 e. The average Bonchev–Trinajstić information content (AvgIpc) is 3.11. The van der Waals surface area contributed by atoms with Crippen molar-refractivity contribution in [2.24, 2.45) is 0 Å². The molecule has 2 amide bonds. The highest BCUT2D eigenvalue weighted by Gasteiger charge is 2.19. The lowest BCUT2D eigenvalue weighted by atomic mass is 10.1. The van der Waals surface area contributed by atoms with Gasteiger partial charge in [-0.3, -0.25) is 9.59 Å². The maximum absolute atomic E-state index is 12.3. The quantitative estimate of drug-likeness (QED) is 0.781. The molecular formula is C18H24N2O2S. The van der Waals surface area contributed by atoms with Crippen LogP contribution in [0.5, 0.6) is 0 Å². The number of likely N-dealkylation sites (tertiary alicyclic amines) is 1. The Hall–Kier alpha value is -1.75. The molecular weight excluding hydrogens is 308 g/mol. The molecule has 1 saturated heterocycles. The van der Waals surface area contributed by atoms with E-state index in [2.05, 4.69) is 11.9 Å². The van der Waals surface area contributed by atoms with Crippen LogP contribution in [0.15, 0.2) is 36.9 Å². The average molecular weight is 332 g/mol. The summed E-state index contributed by atoms with van der Waals surface area (Å²) >= 11 is 1.59. The summed E-state index contributed by atoms with van der Waals surface area (Å²) in [5, 5.41) is 2.69. The van der Waals surface area contributed by atoms with Crippen molar-refractivity contribution >= 4 is 23.6 Å². The van der Waals surface area contributed by atoms with Crippen LogP contribution in [-0.4, -0.2) is 41.6 Å². The first kappa shape index (κ1) is 17.6. The molecule has 23 heavy (non-hydrogen) atoms. The molecule has 0 aliphatic carbocycles. The van der Waals surface area contributed by atoms with E-state index < -0.39 is 0 Å². The fraction of sp³-hybridized carbons (Fsp3) is 0.444. The van der Waals surface area contributed by atoms with E-state index >= 15 is 0 Å². The SMILES string of the molecule is C=CCNC(=O)C(C)SCc1ccc(C(=O)N2CCCC2)cc1. The zero-order valence-corrected chi connectivity index (χ0v) is 14.4. The second-order valence-corrected chi connectivity index (χ2v) is 7.01. The van der Waals surface area contributed by atoms with Gasteiger partial charge in [0.05, 0.1) is 5.25 Å². The Labute approximate surface area is 142 Å². The van der Waals surface area contributed by atoms with Crippen LogP contribution >= 0.6 is 11.8 Å². The second kappa shape index (κ2) is 8.77. The Morgan fingerprint density at radius 3 is 2.57 bits per heavy atom. The lowest BCUT2D eigenvalue weighted by Crippen LogP contribution is -2.30. The van der Waals surface area contributed by atoms with Gasteiger partial charge in [0.1, 0.15) is 0 Å². The molecule has 1 aromatic carbocycles. The first-order valence-corrected chi connectivity index (χ1v) is 9.05. The number of carbonyl (C=O) groups excluding carboxylic acids is 2. The van der Waals surface area contributed by atoms with Crippen LogP contribution in [0.1, 0.15) is 35.7 Å². The number of benzene rings is 1. The van der Waals surface area contributed by atoms with E-state index in [1.54, 1.807) is 17.8 Å². The van der Waals surface area contributed by atoms with Crippen molar-refractivity contribution in [2.75, 3.05) is 19.6 Å². The first-order chi connectivity index (χ1) is 11.1. The maximum atomic E-state index is 12.3. The molecule has 124 valence electrons. The fourth-order valence-corrected chi connectivity index (χ4v) is 3.33. The Morgan fingerprint density at radius 1 is 1.30 bits per heavy atom. The van der Waals surface area contributed by atoms with Crippen molar-refractivity contribution in [3.8, 4) is 0 Å². The lowest BCUT2D eigenvalue weighted by Gasteiger charge is -2.15. The lowest BCUT2D eigenvalue weighted by molar-refractivity contribution is -0.120. The third kappa shape index (κ3) is 5.13. The largest absolute Gasteiger partial charge is 0.352 e. The molecule has 4 nitrogen and oxygen atoms in total. The highest BCUT2D eigenvalue weighted by molar-refractivity contribution is 7.99. The van der Waals surface area contributed by atoms with E-state index in [1.165, 1.54) is 0 Å². The van der Waals surface area contributed by atoms with E-state index in [4.69, 9.17) is 0 Å². The third-order valence-corrected chi connectivity index (χ3v) is 5.10. The van der Waals surface area contributed by atoms with E-state index in [9.17, 15) is 9.59 Å². The van der Waals surface area contributed by atoms with Crippen LogP contribution in [-0.2, 0) is 10.5 Å². The van der Waals surface area contributed by atoms with Crippen molar-refractivity contribution in [1.29, 1.82) is 0 Å². The smallest absolute Gasteiger partial charge is 0.253 e. The number of carbonyl (C=O) groups is 2. The van der Waals surface area contributed by atoms with Gasteiger partial charge in [-0.25, -0.2) is 0 Å². The number of rotatable bonds is 7. The van der Waals surface area contributed by atoms with Gasteiger partial charge in [-0.05, 0) is 37.5 Å². The van der Waals surface area contributed by atoms with Gasteiger partial charge in [-0.2, -0.15) is 0 Å². The van der Waals surface area contributed by atoms with Crippen LogP contribution in [0.4, 0.5) is 0 Å². The van der Waals surface area contributed by atoms with Crippen LogP contribution in [0, 0.1) is 0 Å². The van der Waals surface area contributed by atoms with Gasteiger partial charge >= 0.3 is 0 Å². The molecule has 2 rings (SSSR count). The van der Waals surface area contributed by atoms with Crippen molar-refractivity contribution in [3.05, 3.63) is 48.0 Å². The molecule has 1 aliphatic heterocycles. The van der Waals surface area contributed by atoms with Crippen LogP contribution in [0.3, 0.4) is 0 Å². The normalized spacial score (nSPS) is 15.3. The fourth-order valence-electron chi connectivity index (χ4n) is 2.46. The van der Waals surface area contributed by atoms with E-state index in [0.29, 0.717) is 6.54 Å². The summed E-state index contributed by atoms with van der Waals surface area (Å²) in [4.78, 5) is 26.0. The summed E-state index contributed by atoms with van der Waals surface area (Å²) in [5.41, 5.74) is 1.87. The zero-order chi connectivity index (χ0) is 16.7. The first-order valence-electron chi connectivity index (χ1n) is 8.00. The summed E-state index contributed by atoms with van der Waals surface area (Å²) in [6, 6.07) is 7.73. The van der Waals surface area contributed by atoms with Crippen LogP contribution in [0.25, 0.3) is 0 Å². The number of amides is 2. The molecule has 1 aliphatic rings. The number of nitrogens with zero attached hydrogens (tertiary/aromatic N) is 1. The molecule has 1 N–H and O–H groups in total. The molecule has 1 unspecified atom stereocenters. The van der Waals surface area contributed by atoms with Crippen LogP contribution < -0.4 is 5.32 Å². The predicted molar refractivity (Wildman–Crippen MR) is 95.5 cm³/mol. The number of hydrogen-bond donors (Lipinski definition) is 1. The molecule has 5 heteroatoms. The second-order valence-electron chi connectivity index (χ2n) is 5.68. The summed E-state index contributed by atoms with van der Waals surface area (Å²) < 4.78 is 0. The van der Waals surface area contributed by atoms with E-state index in [0.717, 1.165) is 42.8 Å². The van der Waals surface area contributed by atoms with Gasteiger partial charge in [0, 0.05) is 31.0 Å². The number of hydrogen-bond acceptors (Lipinski definition) is 3. The standard InChI is InChI=1S/C18H24N2O2S/c1-3-10-19-17(21)14(2)23-13-15-6-8-16(9-7-15)18(22)20-11-4-5-12-20/h3,6-9,14H,1,4-5,10-13H2,2H3,(H,19,21). The minimum atomic E-state index is -0.110. The molecule has 0 radical (unpaired) electrons. The maximum Gasteiger partial charge on any atom is 0.253 e. The summed E-state index contributed by atoms with van der Waals surface area (Å²) in [7, 11) is 0. The molecule has 0 aromatic heterocycles. The van der Waals surface area contributed by atoms with Gasteiger partial charge in [-0.15, -0.1) is 18.3 Å². The van der Waals surface area contributed by atoms with Crippen LogP contribution in [0.2, 0.25) is 0 Å².